The van der Waals surface area contributed by atoms with Gasteiger partial charge in [-0.3, -0.25) is 4.79 Å². The third-order valence-corrected chi connectivity index (χ3v) is 4.21. The Kier molecular flexibility index (Phi) is 6.39. The van der Waals surface area contributed by atoms with Gasteiger partial charge < -0.3 is 15.4 Å². The molecule has 1 heterocycles. The lowest BCUT2D eigenvalue weighted by atomic mass is 9.66. The van der Waals surface area contributed by atoms with Crippen molar-refractivity contribution in [1.82, 2.24) is 10.6 Å². The normalized spacial score (nSPS) is 25.7. The molecule has 0 aromatic heterocycles. The summed E-state index contributed by atoms with van der Waals surface area (Å²) in [6, 6.07) is 0.330. The topological polar surface area (TPSA) is 50.4 Å². The minimum absolute atomic E-state index is 0. The average Bonchev–Trinajstić information content (AvgIpc) is 2.29. The van der Waals surface area contributed by atoms with Gasteiger partial charge in [-0.15, -0.1) is 12.4 Å². The van der Waals surface area contributed by atoms with E-state index in [0.29, 0.717) is 12.6 Å². The number of carbonyl (C=O) groups is 1. The molecule has 5 heteroatoms. The molecule has 1 saturated heterocycles. The Morgan fingerprint density at radius 1 is 1.44 bits per heavy atom. The second-order valence-corrected chi connectivity index (χ2v) is 5.39. The van der Waals surface area contributed by atoms with Crippen molar-refractivity contribution in [1.29, 1.82) is 0 Å². The minimum Gasteiger partial charge on any atom is -0.385 e. The number of piperidine rings is 1. The number of rotatable bonds is 5. The molecule has 4 nitrogen and oxygen atoms in total. The molecule has 0 unspecified atom stereocenters. The van der Waals surface area contributed by atoms with Crippen molar-refractivity contribution < 1.29 is 9.53 Å². The Hall–Kier alpha value is -0.320. The number of ether oxygens (including phenoxy) is 1. The summed E-state index contributed by atoms with van der Waals surface area (Å²) < 4.78 is 5.12. The van der Waals surface area contributed by atoms with Crippen LogP contribution in [0.3, 0.4) is 0 Å². The summed E-state index contributed by atoms with van der Waals surface area (Å²) in [5, 5.41) is 6.54. The van der Waals surface area contributed by atoms with Crippen LogP contribution in [0.4, 0.5) is 0 Å². The summed E-state index contributed by atoms with van der Waals surface area (Å²) in [4.78, 5) is 12.3. The van der Waals surface area contributed by atoms with E-state index in [-0.39, 0.29) is 23.7 Å². The van der Waals surface area contributed by atoms with E-state index in [1.165, 1.54) is 6.42 Å². The van der Waals surface area contributed by atoms with Gasteiger partial charge in [-0.05, 0) is 38.6 Å². The average molecular weight is 277 g/mol. The zero-order valence-electron chi connectivity index (χ0n) is 11.2. The fourth-order valence-corrected chi connectivity index (χ4v) is 2.81. The van der Waals surface area contributed by atoms with Gasteiger partial charge in [0.15, 0.2) is 0 Å². The molecular weight excluding hydrogens is 252 g/mol. The Balaban J connectivity index is 0.00000162. The number of methoxy groups -OCH3 is 1. The maximum Gasteiger partial charge on any atom is 0.226 e. The summed E-state index contributed by atoms with van der Waals surface area (Å²) in [7, 11) is 1.70. The van der Waals surface area contributed by atoms with Crippen molar-refractivity contribution >= 4 is 18.3 Å². The first-order valence-corrected chi connectivity index (χ1v) is 6.77. The molecule has 1 aliphatic heterocycles. The second-order valence-electron chi connectivity index (χ2n) is 5.39. The largest absolute Gasteiger partial charge is 0.385 e. The van der Waals surface area contributed by atoms with Crippen molar-refractivity contribution in [3.05, 3.63) is 0 Å². The van der Waals surface area contributed by atoms with Crippen LogP contribution in [0.25, 0.3) is 0 Å². The molecule has 0 radical (unpaired) electrons. The van der Waals surface area contributed by atoms with Crippen LogP contribution >= 0.6 is 12.4 Å². The van der Waals surface area contributed by atoms with Crippen LogP contribution in [-0.2, 0) is 9.53 Å². The van der Waals surface area contributed by atoms with E-state index >= 15 is 0 Å². The van der Waals surface area contributed by atoms with Crippen molar-refractivity contribution in [3.63, 3.8) is 0 Å². The molecule has 1 atom stereocenters. The third-order valence-electron chi connectivity index (χ3n) is 4.21. The summed E-state index contributed by atoms with van der Waals surface area (Å²) in [5.74, 6) is 0.259. The first-order valence-electron chi connectivity index (χ1n) is 6.77. The number of hydrogen-bond donors (Lipinski definition) is 2. The molecular formula is C13H25ClN2O2. The summed E-state index contributed by atoms with van der Waals surface area (Å²) in [6.07, 6.45) is 6.38. The number of hydrogen-bond acceptors (Lipinski definition) is 3. The smallest absolute Gasteiger partial charge is 0.226 e. The van der Waals surface area contributed by atoms with Gasteiger partial charge in [0.05, 0.1) is 5.41 Å². The van der Waals surface area contributed by atoms with Crippen LogP contribution < -0.4 is 10.6 Å². The van der Waals surface area contributed by atoms with Crippen LogP contribution in [0.5, 0.6) is 0 Å². The summed E-state index contributed by atoms with van der Waals surface area (Å²) in [5.41, 5.74) is -0.118. The molecule has 2 aliphatic rings. The highest BCUT2D eigenvalue weighted by Crippen LogP contribution is 2.44. The van der Waals surface area contributed by atoms with Crippen molar-refractivity contribution in [2.24, 2.45) is 5.41 Å². The molecule has 1 amide bonds. The van der Waals surface area contributed by atoms with Gasteiger partial charge in [-0.1, -0.05) is 6.42 Å². The molecule has 1 aliphatic carbocycles. The summed E-state index contributed by atoms with van der Waals surface area (Å²) in [6.45, 7) is 2.70. The summed E-state index contributed by atoms with van der Waals surface area (Å²) >= 11 is 0. The van der Waals surface area contributed by atoms with Gasteiger partial charge in [-0.2, -0.15) is 0 Å². The molecule has 1 saturated carbocycles. The van der Waals surface area contributed by atoms with Gasteiger partial charge in [0.1, 0.15) is 0 Å². The monoisotopic (exact) mass is 276 g/mol. The van der Waals surface area contributed by atoms with E-state index in [9.17, 15) is 4.79 Å². The molecule has 2 rings (SSSR count). The fraction of sp³-hybridized carbons (Fsp3) is 0.923. The lowest BCUT2D eigenvalue weighted by Gasteiger charge is -2.41. The maximum atomic E-state index is 12.3. The predicted molar refractivity (Wildman–Crippen MR) is 74.1 cm³/mol. The van der Waals surface area contributed by atoms with Crippen molar-refractivity contribution in [3.8, 4) is 0 Å². The predicted octanol–water partition coefficient (Wildman–Crippen LogP) is 1.48. The highest BCUT2D eigenvalue weighted by molar-refractivity contribution is 5.85. The molecule has 0 aromatic carbocycles. The second kappa shape index (κ2) is 7.31. The third kappa shape index (κ3) is 3.59. The van der Waals surface area contributed by atoms with Crippen molar-refractivity contribution in [2.75, 3.05) is 26.8 Å². The van der Waals surface area contributed by atoms with Gasteiger partial charge >= 0.3 is 0 Å². The Morgan fingerprint density at radius 3 is 2.72 bits per heavy atom. The van der Waals surface area contributed by atoms with Crippen LogP contribution in [0.1, 0.15) is 38.5 Å². The maximum absolute atomic E-state index is 12.3. The van der Waals surface area contributed by atoms with E-state index in [0.717, 1.165) is 45.2 Å². The quantitative estimate of drug-likeness (QED) is 0.800. The number of carbonyl (C=O) groups excluding carboxylic acids is 1. The molecule has 0 aromatic rings. The van der Waals surface area contributed by atoms with E-state index in [4.69, 9.17) is 4.74 Å². The standard InChI is InChI=1S/C13H24N2O2.ClH/c1-17-9-7-13(5-3-6-13)12(16)15-11-4-2-8-14-10-11;/h11,14H,2-10H2,1H3,(H,15,16);1H/t11-;/m0./s1. The Bertz CT molecular complexity index is 264. The first kappa shape index (κ1) is 15.7. The van der Waals surface area contributed by atoms with E-state index in [1.54, 1.807) is 7.11 Å². The van der Waals surface area contributed by atoms with Crippen LogP contribution in [0.15, 0.2) is 0 Å². The van der Waals surface area contributed by atoms with Crippen LogP contribution in [0, 0.1) is 5.41 Å². The highest BCUT2D eigenvalue weighted by Gasteiger charge is 2.44. The van der Waals surface area contributed by atoms with Crippen LogP contribution in [-0.4, -0.2) is 38.8 Å². The number of amides is 1. The molecule has 0 spiro atoms. The minimum atomic E-state index is -0.118. The fourth-order valence-electron chi connectivity index (χ4n) is 2.81. The number of halogens is 1. The lowest BCUT2D eigenvalue weighted by Crippen LogP contribution is -2.53. The van der Waals surface area contributed by atoms with E-state index < -0.39 is 0 Å². The zero-order valence-corrected chi connectivity index (χ0v) is 12.0. The molecule has 18 heavy (non-hydrogen) atoms. The zero-order chi connectivity index (χ0) is 12.1. The molecule has 2 fully saturated rings. The van der Waals surface area contributed by atoms with E-state index in [2.05, 4.69) is 10.6 Å². The Labute approximate surface area is 116 Å². The molecule has 106 valence electrons. The molecule has 0 bridgehead atoms. The number of nitrogens with one attached hydrogen (secondary N) is 2. The SMILES string of the molecule is COCCC1(C(=O)N[C@H]2CCCNC2)CCC1.Cl. The van der Waals surface area contributed by atoms with Gasteiger partial charge in [-0.25, -0.2) is 0 Å². The van der Waals surface area contributed by atoms with Crippen molar-refractivity contribution in [2.45, 2.75) is 44.6 Å². The molecule has 2 N–H and O–H groups in total. The van der Waals surface area contributed by atoms with Crippen LogP contribution in [0.2, 0.25) is 0 Å². The van der Waals surface area contributed by atoms with Gasteiger partial charge in [0.2, 0.25) is 5.91 Å². The van der Waals surface area contributed by atoms with Gasteiger partial charge in [0.25, 0.3) is 0 Å². The lowest BCUT2D eigenvalue weighted by molar-refractivity contribution is -0.138. The Morgan fingerprint density at radius 2 is 2.22 bits per heavy atom. The highest BCUT2D eigenvalue weighted by atomic mass is 35.5. The van der Waals surface area contributed by atoms with E-state index in [1.807, 2.05) is 0 Å². The first-order chi connectivity index (χ1) is 8.27. The van der Waals surface area contributed by atoms with Gasteiger partial charge in [0, 0.05) is 26.3 Å².